The van der Waals surface area contributed by atoms with E-state index in [-0.39, 0.29) is 11.7 Å². The van der Waals surface area contributed by atoms with E-state index < -0.39 is 0 Å². The Bertz CT molecular complexity index is 686. The molecule has 1 N–H and O–H groups in total. The third-order valence-corrected chi connectivity index (χ3v) is 3.62. The fourth-order valence-corrected chi connectivity index (χ4v) is 2.75. The van der Waals surface area contributed by atoms with Crippen molar-refractivity contribution in [3.05, 3.63) is 41.5 Å². The predicted molar refractivity (Wildman–Crippen MR) is 78.4 cm³/mol. The molecular formula is C15H18N4O. The van der Waals surface area contributed by atoms with Gasteiger partial charge in [-0.15, -0.1) is 13.2 Å². The first-order valence-electron chi connectivity index (χ1n) is 6.80. The number of aromatic amines is 1. The summed E-state index contributed by atoms with van der Waals surface area (Å²) in [5, 5.41) is 8.83. The molecule has 0 amide bonds. The number of rotatable bonds is 1. The number of imidazole rings is 1. The standard InChI is InChI=1S/C13H14N4O.C2H4/c14-7-9-6-11-12(15-8-9)17(13(18)16-11)10-4-2-1-3-5-10;1-2/h6,8,10H,1-5H2,(H,16,18);1-2H2. The summed E-state index contributed by atoms with van der Waals surface area (Å²) in [5.41, 5.74) is 1.69. The molecule has 0 aromatic carbocycles. The second kappa shape index (κ2) is 6.20. The summed E-state index contributed by atoms with van der Waals surface area (Å²) >= 11 is 0. The van der Waals surface area contributed by atoms with Gasteiger partial charge < -0.3 is 4.98 Å². The van der Waals surface area contributed by atoms with Gasteiger partial charge in [0.1, 0.15) is 6.07 Å². The van der Waals surface area contributed by atoms with Crippen molar-refractivity contribution in [1.29, 1.82) is 5.26 Å². The SMILES string of the molecule is C=C.N#Cc1cnc2c(c1)[nH]c(=O)n2C1CCCCC1. The van der Waals surface area contributed by atoms with Gasteiger partial charge >= 0.3 is 5.69 Å². The third kappa shape index (κ3) is 2.50. The van der Waals surface area contributed by atoms with Gasteiger partial charge in [-0.1, -0.05) is 19.3 Å². The second-order valence-electron chi connectivity index (χ2n) is 4.80. The summed E-state index contributed by atoms with van der Waals surface area (Å²) in [5.74, 6) is 0. The normalized spacial score (nSPS) is 15.3. The molecule has 0 saturated heterocycles. The van der Waals surface area contributed by atoms with Crippen LogP contribution < -0.4 is 5.69 Å². The largest absolute Gasteiger partial charge is 0.327 e. The van der Waals surface area contributed by atoms with Gasteiger partial charge in [0.05, 0.1) is 11.1 Å². The number of aromatic nitrogens is 3. The van der Waals surface area contributed by atoms with E-state index in [0.29, 0.717) is 16.7 Å². The molecule has 0 unspecified atom stereocenters. The van der Waals surface area contributed by atoms with Crippen LogP contribution >= 0.6 is 0 Å². The zero-order chi connectivity index (χ0) is 14.5. The molecule has 104 valence electrons. The summed E-state index contributed by atoms with van der Waals surface area (Å²) < 4.78 is 1.76. The molecule has 0 aliphatic heterocycles. The van der Waals surface area contributed by atoms with Crippen LogP contribution in [0.25, 0.3) is 11.2 Å². The molecule has 20 heavy (non-hydrogen) atoms. The zero-order valence-corrected chi connectivity index (χ0v) is 11.4. The highest BCUT2D eigenvalue weighted by molar-refractivity contribution is 5.72. The minimum absolute atomic E-state index is 0.112. The maximum absolute atomic E-state index is 12.0. The molecule has 3 rings (SSSR count). The number of nitriles is 1. The molecule has 0 spiro atoms. The highest BCUT2D eigenvalue weighted by Gasteiger charge is 2.20. The van der Waals surface area contributed by atoms with Gasteiger partial charge in [0, 0.05) is 12.2 Å². The van der Waals surface area contributed by atoms with Crippen molar-refractivity contribution in [2.24, 2.45) is 0 Å². The molecule has 1 fully saturated rings. The minimum atomic E-state index is -0.112. The van der Waals surface area contributed by atoms with E-state index in [1.165, 1.54) is 25.5 Å². The number of H-pyrrole nitrogens is 1. The quantitative estimate of drug-likeness (QED) is 0.809. The zero-order valence-electron chi connectivity index (χ0n) is 11.4. The summed E-state index contributed by atoms with van der Waals surface area (Å²) in [6.07, 6.45) is 7.18. The van der Waals surface area contributed by atoms with E-state index in [9.17, 15) is 4.79 Å². The highest BCUT2D eigenvalue weighted by Crippen LogP contribution is 2.28. The summed E-state index contributed by atoms with van der Waals surface area (Å²) in [6.45, 7) is 6.00. The number of hydrogen-bond donors (Lipinski definition) is 1. The molecule has 5 heteroatoms. The van der Waals surface area contributed by atoms with Crippen LogP contribution in [0.3, 0.4) is 0 Å². The molecule has 2 aromatic rings. The second-order valence-corrected chi connectivity index (χ2v) is 4.80. The van der Waals surface area contributed by atoms with Crippen LogP contribution in [-0.4, -0.2) is 14.5 Å². The Hall–Kier alpha value is -2.35. The first-order chi connectivity index (χ1) is 9.79. The fraction of sp³-hybridized carbons (Fsp3) is 0.400. The fourth-order valence-electron chi connectivity index (χ4n) is 2.75. The summed E-state index contributed by atoms with van der Waals surface area (Å²) in [4.78, 5) is 19.1. The van der Waals surface area contributed by atoms with Crippen LogP contribution in [0, 0.1) is 11.3 Å². The number of pyridine rings is 1. The molecule has 0 bridgehead atoms. The average molecular weight is 270 g/mol. The Labute approximate surface area is 117 Å². The van der Waals surface area contributed by atoms with Crippen molar-refractivity contribution in [1.82, 2.24) is 14.5 Å². The van der Waals surface area contributed by atoms with E-state index >= 15 is 0 Å². The van der Waals surface area contributed by atoms with Crippen LogP contribution in [0.2, 0.25) is 0 Å². The molecule has 1 saturated carbocycles. The van der Waals surface area contributed by atoms with E-state index in [0.717, 1.165) is 12.8 Å². The smallest absolute Gasteiger partial charge is 0.304 e. The van der Waals surface area contributed by atoms with E-state index in [1.54, 1.807) is 10.6 Å². The van der Waals surface area contributed by atoms with Crippen molar-refractivity contribution < 1.29 is 0 Å². The van der Waals surface area contributed by atoms with Crippen molar-refractivity contribution in [2.45, 2.75) is 38.1 Å². The van der Waals surface area contributed by atoms with Crippen LogP contribution in [0.5, 0.6) is 0 Å². The van der Waals surface area contributed by atoms with Crippen LogP contribution in [0.4, 0.5) is 0 Å². The first-order valence-corrected chi connectivity index (χ1v) is 6.80. The summed E-state index contributed by atoms with van der Waals surface area (Å²) in [7, 11) is 0. The van der Waals surface area contributed by atoms with Crippen LogP contribution in [-0.2, 0) is 0 Å². The van der Waals surface area contributed by atoms with Crippen LogP contribution in [0.15, 0.2) is 30.2 Å². The lowest BCUT2D eigenvalue weighted by Gasteiger charge is -2.22. The van der Waals surface area contributed by atoms with Gasteiger partial charge in [0.25, 0.3) is 0 Å². The van der Waals surface area contributed by atoms with Crippen molar-refractivity contribution in [2.75, 3.05) is 0 Å². The monoisotopic (exact) mass is 270 g/mol. The number of nitrogens with one attached hydrogen (secondary N) is 1. The Balaban J connectivity index is 0.000000704. The molecule has 1 aliphatic rings. The van der Waals surface area contributed by atoms with Gasteiger partial charge in [0.15, 0.2) is 5.65 Å². The summed E-state index contributed by atoms with van der Waals surface area (Å²) in [6, 6.07) is 3.97. The van der Waals surface area contributed by atoms with Gasteiger partial charge in [-0.3, -0.25) is 4.57 Å². The van der Waals surface area contributed by atoms with Crippen molar-refractivity contribution >= 4 is 11.2 Å². The van der Waals surface area contributed by atoms with Gasteiger partial charge in [-0.2, -0.15) is 5.26 Å². The number of fused-ring (bicyclic) bond motifs is 1. The Morgan fingerprint density at radius 1 is 1.35 bits per heavy atom. The van der Waals surface area contributed by atoms with E-state index in [1.807, 2.05) is 6.07 Å². The Kier molecular flexibility index (Phi) is 4.36. The number of hydrogen-bond acceptors (Lipinski definition) is 3. The predicted octanol–water partition coefficient (Wildman–Crippen LogP) is 2.90. The molecule has 2 heterocycles. The van der Waals surface area contributed by atoms with Gasteiger partial charge in [-0.25, -0.2) is 9.78 Å². The Morgan fingerprint density at radius 3 is 2.70 bits per heavy atom. The highest BCUT2D eigenvalue weighted by atomic mass is 16.1. The van der Waals surface area contributed by atoms with Gasteiger partial charge in [-0.05, 0) is 18.9 Å². The molecule has 0 radical (unpaired) electrons. The molecule has 1 aliphatic carbocycles. The minimum Gasteiger partial charge on any atom is -0.304 e. The topological polar surface area (TPSA) is 74.5 Å². The van der Waals surface area contributed by atoms with Crippen molar-refractivity contribution in [3.8, 4) is 6.07 Å². The lowest BCUT2D eigenvalue weighted by atomic mass is 9.95. The maximum atomic E-state index is 12.0. The van der Waals surface area contributed by atoms with Gasteiger partial charge in [0.2, 0.25) is 0 Å². The maximum Gasteiger partial charge on any atom is 0.327 e. The molecule has 0 atom stereocenters. The van der Waals surface area contributed by atoms with Crippen LogP contribution in [0.1, 0.15) is 43.7 Å². The van der Waals surface area contributed by atoms with E-state index in [4.69, 9.17) is 5.26 Å². The molecule has 5 nitrogen and oxygen atoms in total. The lowest BCUT2D eigenvalue weighted by Crippen LogP contribution is -2.24. The molecular weight excluding hydrogens is 252 g/mol. The van der Waals surface area contributed by atoms with E-state index in [2.05, 4.69) is 23.1 Å². The third-order valence-electron chi connectivity index (χ3n) is 3.62. The lowest BCUT2D eigenvalue weighted by molar-refractivity contribution is 0.352. The molecule has 2 aromatic heterocycles. The average Bonchev–Trinajstić information content (AvgIpc) is 2.84. The Morgan fingerprint density at radius 2 is 2.05 bits per heavy atom. The van der Waals surface area contributed by atoms with Crippen molar-refractivity contribution in [3.63, 3.8) is 0 Å². The first kappa shape index (κ1) is 14.1. The number of nitrogens with zero attached hydrogens (tertiary/aromatic N) is 3.